The molecular formula is C32H28N2. The van der Waals surface area contributed by atoms with Crippen LogP contribution in [0.25, 0.3) is 39.3 Å². The van der Waals surface area contributed by atoms with Gasteiger partial charge in [-0.3, -0.25) is 4.57 Å². The number of aromatic nitrogens is 2. The molecule has 0 N–H and O–H groups in total. The molecule has 0 radical (unpaired) electrons. The highest BCUT2D eigenvalue weighted by atomic mass is 15.1. The van der Waals surface area contributed by atoms with Gasteiger partial charge in [-0.25, -0.2) is 4.98 Å². The van der Waals surface area contributed by atoms with Crippen LogP contribution in [-0.4, -0.2) is 9.55 Å². The molecule has 1 aliphatic rings. The average Bonchev–Trinajstić information content (AvgIpc) is 3.37. The standard InChI is InChI=1S/C32H28N2/c1-21(2)29-19-26(23-10-5-4-6-11-23)20-30-22(3)27-14-7-8-15-28(27)24-12-9-13-25(18-24)32-33-16-17-34(32)31(29)30/h4-22H,1-3H3. The Balaban J connectivity index is 1.75. The minimum atomic E-state index is 0.212. The van der Waals surface area contributed by atoms with E-state index in [0.29, 0.717) is 5.92 Å². The molecule has 1 aromatic heterocycles. The Morgan fingerprint density at radius 3 is 2.26 bits per heavy atom. The Hall–Kier alpha value is -3.91. The van der Waals surface area contributed by atoms with Crippen LogP contribution in [0.3, 0.4) is 0 Å². The van der Waals surface area contributed by atoms with E-state index in [9.17, 15) is 0 Å². The van der Waals surface area contributed by atoms with Crippen molar-refractivity contribution in [1.29, 1.82) is 0 Å². The van der Waals surface area contributed by atoms with Gasteiger partial charge >= 0.3 is 0 Å². The summed E-state index contributed by atoms with van der Waals surface area (Å²) in [7, 11) is 0. The maximum absolute atomic E-state index is 4.83. The Labute approximate surface area is 201 Å². The molecule has 0 fully saturated rings. The fraction of sp³-hybridized carbons (Fsp3) is 0.156. The van der Waals surface area contributed by atoms with E-state index in [4.69, 9.17) is 4.98 Å². The molecular weight excluding hydrogens is 412 g/mol. The smallest absolute Gasteiger partial charge is 0.144 e. The summed E-state index contributed by atoms with van der Waals surface area (Å²) in [4.78, 5) is 4.83. The first kappa shape index (κ1) is 20.7. The molecule has 4 aromatic carbocycles. The lowest BCUT2D eigenvalue weighted by Gasteiger charge is -2.27. The van der Waals surface area contributed by atoms with Crippen molar-refractivity contribution in [2.45, 2.75) is 32.6 Å². The third kappa shape index (κ3) is 3.30. The SMILES string of the molecule is CC(C)c1cc(-c2ccccc2)cc2c1-n1ccnc1-c1cccc(c1)-c1ccccc1C2C. The monoisotopic (exact) mass is 440 g/mol. The first-order valence-electron chi connectivity index (χ1n) is 12.1. The van der Waals surface area contributed by atoms with Crippen molar-refractivity contribution < 1.29 is 0 Å². The fourth-order valence-electron chi connectivity index (χ4n) is 5.35. The molecule has 1 aliphatic heterocycles. The molecule has 2 nitrogen and oxygen atoms in total. The van der Waals surface area contributed by atoms with Crippen LogP contribution in [0, 0.1) is 0 Å². The average molecular weight is 441 g/mol. The van der Waals surface area contributed by atoms with Crippen molar-refractivity contribution in [3.8, 4) is 39.3 Å². The normalized spacial score (nSPS) is 14.3. The zero-order chi connectivity index (χ0) is 23.2. The van der Waals surface area contributed by atoms with Gasteiger partial charge in [0.25, 0.3) is 0 Å². The highest BCUT2D eigenvalue weighted by Crippen LogP contribution is 2.43. The Morgan fingerprint density at radius 1 is 0.706 bits per heavy atom. The molecule has 0 aliphatic carbocycles. The second-order valence-electron chi connectivity index (χ2n) is 9.53. The van der Waals surface area contributed by atoms with Crippen LogP contribution in [0.1, 0.15) is 49.3 Å². The summed E-state index contributed by atoms with van der Waals surface area (Å²) < 4.78 is 2.31. The van der Waals surface area contributed by atoms with E-state index in [1.54, 1.807) is 0 Å². The van der Waals surface area contributed by atoms with Gasteiger partial charge in [0.1, 0.15) is 5.82 Å². The second kappa shape index (κ2) is 8.14. The molecule has 2 heterocycles. The number of imidazole rings is 1. The predicted octanol–water partition coefficient (Wildman–Crippen LogP) is 8.46. The van der Waals surface area contributed by atoms with E-state index >= 15 is 0 Å². The molecule has 2 heteroatoms. The minimum Gasteiger partial charge on any atom is -0.299 e. The number of hydrogen-bond acceptors (Lipinski definition) is 1. The summed E-state index contributed by atoms with van der Waals surface area (Å²) in [5, 5.41) is 0. The number of fused-ring (bicyclic) bond motifs is 8. The van der Waals surface area contributed by atoms with Crippen LogP contribution in [-0.2, 0) is 0 Å². The van der Waals surface area contributed by atoms with Crippen molar-refractivity contribution in [3.63, 3.8) is 0 Å². The number of nitrogens with zero attached hydrogens (tertiary/aromatic N) is 2. The maximum Gasteiger partial charge on any atom is 0.144 e. The first-order valence-corrected chi connectivity index (χ1v) is 12.1. The Bertz CT molecular complexity index is 1490. The highest BCUT2D eigenvalue weighted by Gasteiger charge is 2.25. The third-order valence-corrected chi connectivity index (χ3v) is 7.11. The molecule has 0 saturated heterocycles. The van der Waals surface area contributed by atoms with Gasteiger partial charge in [-0.05, 0) is 63.1 Å². The molecule has 166 valence electrons. The van der Waals surface area contributed by atoms with Gasteiger partial charge in [-0.2, -0.15) is 0 Å². The Kier molecular flexibility index (Phi) is 4.95. The first-order chi connectivity index (χ1) is 16.6. The lowest BCUT2D eigenvalue weighted by atomic mass is 9.82. The van der Waals surface area contributed by atoms with Gasteiger partial charge < -0.3 is 0 Å². The van der Waals surface area contributed by atoms with Crippen molar-refractivity contribution in [2.24, 2.45) is 0 Å². The fourth-order valence-corrected chi connectivity index (χ4v) is 5.35. The van der Waals surface area contributed by atoms with Crippen LogP contribution < -0.4 is 0 Å². The van der Waals surface area contributed by atoms with Crippen molar-refractivity contribution in [1.82, 2.24) is 9.55 Å². The number of benzene rings is 4. The molecule has 0 amide bonds. The van der Waals surface area contributed by atoms with Crippen molar-refractivity contribution in [2.75, 3.05) is 0 Å². The molecule has 5 aromatic rings. The number of hydrogen-bond donors (Lipinski definition) is 0. The maximum atomic E-state index is 4.83. The lowest BCUT2D eigenvalue weighted by molar-refractivity contribution is 0.823. The van der Waals surface area contributed by atoms with Crippen molar-refractivity contribution in [3.05, 3.63) is 120 Å². The summed E-state index contributed by atoms with van der Waals surface area (Å²) in [5.74, 6) is 1.57. The van der Waals surface area contributed by atoms with E-state index < -0.39 is 0 Å². The van der Waals surface area contributed by atoms with E-state index in [0.717, 1.165) is 11.4 Å². The molecule has 0 spiro atoms. The van der Waals surface area contributed by atoms with Gasteiger partial charge in [0.05, 0.1) is 5.69 Å². The van der Waals surface area contributed by atoms with Crippen LogP contribution in [0.4, 0.5) is 0 Å². The van der Waals surface area contributed by atoms with Gasteiger partial charge in [-0.15, -0.1) is 0 Å². The molecule has 6 rings (SSSR count). The second-order valence-corrected chi connectivity index (χ2v) is 9.53. The number of rotatable bonds is 2. The van der Waals surface area contributed by atoms with Crippen LogP contribution >= 0.6 is 0 Å². The quantitative estimate of drug-likeness (QED) is 0.269. The zero-order valence-corrected chi connectivity index (χ0v) is 19.9. The largest absolute Gasteiger partial charge is 0.299 e. The highest BCUT2D eigenvalue weighted by molar-refractivity contribution is 5.78. The third-order valence-electron chi connectivity index (χ3n) is 7.11. The van der Waals surface area contributed by atoms with Crippen LogP contribution in [0.5, 0.6) is 0 Å². The minimum absolute atomic E-state index is 0.212. The van der Waals surface area contributed by atoms with Gasteiger partial charge in [0, 0.05) is 23.9 Å². The van der Waals surface area contributed by atoms with Gasteiger partial charge in [0.2, 0.25) is 0 Å². The van der Waals surface area contributed by atoms with E-state index in [1.165, 1.54) is 44.6 Å². The van der Waals surface area contributed by atoms with Crippen LogP contribution in [0.15, 0.2) is 103 Å². The Morgan fingerprint density at radius 2 is 1.44 bits per heavy atom. The lowest BCUT2D eigenvalue weighted by Crippen LogP contribution is -2.11. The molecule has 2 bridgehead atoms. The molecule has 34 heavy (non-hydrogen) atoms. The molecule has 0 saturated carbocycles. The van der Waals surface area contributed by atoms with Crippen LogP contribution in [0.2, 0.25) is 0 Å². The molecule has 1 unspecified atom stereocenters. The zero-order valence-electron chi connectivity index (χ0n) is 19.9. The summed E-state index contributed by atoms with van der Waals surface area (Å²) >= 11 is 0. The van der Waals surface area contributed by atoms with Gasteiger partial charge in [0.15, 0.2) is 0 Å². The van der Waals surface area contributed by atoms with E-state index in [1.807, 2.05) is 6.20 Å². The van der Waals surface area contributed by atoms with E-state index in [-0.39, 0.29) is 5.92 Å². The summed E-state index contributed by atoms with van der Waals surface area (Å²) in [6.45, 7) is 6.93. The summed E-state index contributed by atoms with van der Waals surface area (Å²) in [6, 6.07) is 33.2. The predicted molar refractivity (Wildman–Crippen MR) is 141 cm³/mol. The van der Waals surface area contributed by atoms with Crippen molar-refractivity contribution >= 4 is 0 Å². The summed E-state index contributed by atoms with van der Waals surface area (Å²) in [6.07, 6.45) is 4.05. The molecule has 1 atom stereocenters. The van der Waals surface area contributed by atoms with Gasteiger partial charge in [-0.1, -0.05) is 93.6 Å². The van der Waals surface area contributed by atoms with E-state index in [2.05, 4.69) is 123 Å². The summed E-state index contributed by atoms with van der Waals surface area (Å²) in [5.41, 5.74) is 11.5. The topological polar surface area (TPSA) is 17.8 Å².